The minimum Gasteiger partial charge on any atom is -0.361 e. The molecule has 0 aliphatic carbocycles. The zero-order valence-electron chi connectivity index (χ0n) is 14.3. The van der Waals surface area contributed by atoms with Gasteiger partial charge >= 0.3 is 0 Å². The molecular formula is C21H21N3S. The summed E-state index contributed by atoms with van der Waals surface area (Å²) in [6, 6.07) is 16.7. The van der Waals surface area contributed by atoms with Crippen LogP contribution in [0.3, 0.4) is 0 Å². The minimum atomic E-state index is 0.795. The van der Waals surface area contributed by atoms with Crippen LogP contribution in [0.15, 0.2) is 60.8 Å². The molecule has 25 heavy (non-hydrogen) atoms. The van der Waals surface area contributed by atoms with E-state index in [2.05, 4.69) is 70.8 Å². The summed E-state index contributed by atoms with van der Waals surface area (Å²) in [5.41, 5.74) is 6.19. The first kappa shape index (κ1) is 15.9. The number of nitrogens with zero attached hydrogens (tertiary/aromatic N) is 1. The molecule has 126 valence electrons. The predicted octanol–water partition coefficient (Wildman–Crippen LogP) is 4.96. The number of fused-ring (bicyclic) bond motifs is 1. The van der Waals surface area contributed by atoms with Gasteiger partial charge in [0.25, 0.3) is 0 Å². The van der Waals surface area contributed by atoms with E-state index in [4.69, 9.17) is 12.2 Å². The van der Waals surface area contributed by atoms with Crippen LogP contribution < -0.4 is 5.32 Å². The van der Waals surface area contributed by atoms with Crippen molar-refractivity contribution in [1.82, 2.24) is 9.88 Å². The number of aromatic amines is 1. The van der Waals surface area contributed by atoms with E-state index in [1.54, 1.807) is 0 Å². The highest BCUT2D eigenvalue weighted by atomic mass is 32.1. The fourth-order valence-corrected chi connectivity index (χ4v) is 3.62. The highest BCUT2D eigenvalue weighted by Gasteiger charge is 2.17. The normalized spacial score (nSPS) is 14.4. The molecule has 3 nitrogen and oxygen atoms in total. The van der Waals surface area contributed by atoms with Crippen LogP contribution >= 0.6 is 12.2 Å². The van der Waals surface area contributed by atoms with E-state index in [1.165, 1.54) is 27.6 Å². The maximum atomic E-state index is 5.61. The van der Waals surface area contributed by atoms with Gasteiger partial charge in [-0.3, -0.25) is 0 Å². The van der Waals surface area contributed by atoms with Gasteiger partial charge in [0.2, 0.25) is 0 Å². The molecule has 4 rings (SSSR count). The van der Waals surface area contributed by atoms with Gasteiger partial charge < -0.3 is 15.2 Å². The lowest BCUT2D eigenvalue weighted by molar-refractivity contribution is 0.466. The third-order valence-corrected chi connectivity index (χ3v) is 5.18. The van der Waals surface area contributed by atoms with Crippen molar-refractivity contribution in [3.05, 3.63) is 71.9 Å². The number of anilines is 1. The molecule has 0 unspecified atom stereocenters. The van der Waals surface area contributed by atoms with Crippen molar-refractivity contribution in [2.75, 3.05) is 18.4 Å². The minimum absolute atomic E-state index is 0.795. The number of para-hydroxylation sites is 2. The second kappa shape index (κ2) is 6.73. The van der Waals surface area contributed by atoms with E-state index in [0.29, 0.717) is 0 Å². The van der Waals surface area contributed by atoms with Gasteiger partial charge in [0.05, 0.1) is 0 Å². The molecule has 0 radical (unpaired) electrons. The molecule has 0 fully saturated rings. The molecule has 0 saturated carbocycles. The molecule has 1 aliphatic heterocycles. The van der Waals surface area contributed by atoms with E-state index in [1.807, 2.05) is 12.1 Å². The zero-order valence-corrected chi connectivity index (χ0v) is 15.1. The number of benzene rings is 2. The van der Waals surface area contributed by atoms with Crippen molar-refractivity contribution < 1.29 is 0 Å². The van der Waals surface area contributed by atoms with E-state index in [-0.39, 0.29) is 0 Å². The molecule has 4 heteroatoms. The monoisotopic (exact) mass is 347 g/mol. The van der Waals surface area contributed by atoms with Gasteiger partial charge in [-0.1, -0.05) is 42.5 Å². The van der Waals surface area contributed by atoms with Crippen molar-refractivity contribution in [3.8, 4) is 0 Å². The Balaban J connectivity index is 1.48. The van der Waals surface area contributed by atoms with Crippen LogP contribution in [0.4, 0.5) is 5.69 Å². The van der Waals surface area contributed by atoms with Gasteiger partial charge in [0, 0.05) is 41.4 Å². The molecule has 3 aromatic rings. The number of thiocarbonyl (C=S) groups is 1. The van der Waals surface area contributed by atoms with Crippen LogP contribution in [-0.2, 0) is 0 Å². The summed E-state index contributed by atoms with van der Waals surface area (Å²) >= 11 is 5.61. The van der Waals surface area contributed by atoms with Gasteiger partial charge in [-0.2, -0.15) is 0 Å². The maximum Gasteiger partial charge on any atom is 0.173 e. The zero-order chi connectivity index (χ0) is 17.2. The molecule has 0 atom stereocenters. The molecule has 0 bridgehead atoms. The van der Waals surface area contributed by atoms with Gasteiger partial charge in [-0.05, 0) is 48.8 Å². The van der Waals surface area contributed by atoms with Gasteiger partial charge in [-0.25, -0.2) is 0 Å². The Bertz CT molecular complexity index is 954. The summed E-state index contributed by atoms with van der Waals surface area (Å²) in [5.74, 6) is 0. The van der Waals surface area contributed by atoms with E-state index in [9.17, 15) is 0 Å². The third kappa shape index (κ3) is 3.17. The fourth-order valence-electron chi connectivity index (χ4n) is 3.34. The molecule has 0 amide bonds. The highest BCUT2D eigenvalue weighted by molar-refractivity contribution is 7.80. The fraction of sp³-hybridized carbons (Fsp3) is 0.190. The summed E-state index contributed by atoms with van der Waals surface area (Å²) in [4.78, 5) is 5.59. The molecule has 0 saturated heterocycles. The first-order valence-electron chi connectivity index (χ1n) is 8.59. The smallest absolute Gasteiger partial charge is 0.173 e. The Hall–Kier alpha value is -2.59. The predicted molar refractivity (Wildman–Crippen MR) is 110 cm³/mol. The van der Waals surface area contributed by atoms with E-state index in [0.717, 1.165) is 30.3 Å². The van der Waals surface area contributed by atoms with Gasteiger partial charge in [0.1, 0.15) is 0 Å². The molecule has 1 aromatic heterocycles. The lowest BCUT2D eigenvalue weighted by Gasteiger charge is -2.29. The van der Waals surface area contributed by atoms with Crippen LogP contribution in [0.1, 0.15) is 17.5 Å². The number of aryl methyl sites for hydroxylation is 1. The summed E-state index contributed by atoms with van der Waals surface area (Å²) in [5, 5.41) is 5.47. The molecule has 1 aliphatic rings. The number of H-pyrrole nitrogens is 1. The van der Waals surface area contributed by atoms with Crippen LogP contribution in [0.2, 0.25) is 0 Å². The standard InChI is InChI=1S/C21H21N3S/c1-15-6-2-4-8-19(15)23-21(25)24-12-10-16(11-13-24)18-14-22-20-9-5-3-7-17(18)20/h2-10,14,22H,11-13H2,1H3,(H,23,25). The summed E-state index contributed by atoms with van der Waals surface area (Å²) < 4.78 is 0. The molecule has 0 spiro atoms. The van der Waals surface area contributed by atoms with Crippen molar-refractivity contribution >= 4 is 39.5 Å². The number of hydrogen-bond acceptors (Lipinski definition) is 1. The molecule has 2 heterocycles. The summed E-state index contributed by atoms with van der Waals surface area (Å²) in [6.07, 6.45) is 5.42. The Morgan fingerprint density at radius 3 is 2.72 bits per heavy atom. The van der Waals surface area contributed by atoms with Gasteiger partial charge in [0.15, 0.2) is 5.11 Å². The lowest BCUT2D eigenvalue weighted by Crippen LogP contribution is -2.37. The first-order valence-corrected chi connectivity index (χ1v) is 9.00. The molecule has 2 aromatic carbocycles. The van der Waals surface area contributed by atoms with Crippen molar-refractivity contribution in [2.45, 2.75) is 13.3 Å². The SMILES string of the molecule is Cc1ccccc1NC(=S)N1CC=C(c2c[nH]c3ccccc23)CC1. The topological polar surface area (TPSA) is 31.1 Å². The maximum absolute atomic E-state index is 5.61. The van der Waals surface area contributed by atoms with Crippen LogP contribution in [0, 0.1) is 6.92 Å². The lowest BCUT2D eigenvalue weighted by atomic mass is 9.99. The van der Waals surface area contributed by atoms with Crippen molar-refractivity contribution in [3.63, 3.8) is 0 Å². The largest absolute Gasteiger partial charge is 0.361 e. The average Bonchev–Trinajstić information content (AvgIpc) is 3.08. The van der Waals surface area contributed by atoms with Crippen LogP contribution in [-0.4, -0.2) is 28.1 Å². The Morgan fingerprint density at radius 2 is 1.92 bits per heavy atom. The molecular weight excluding hydrogens is 326 g/mol. The van der Waals surface area contributed by atoms with Crippen molar-refractivity contribution in [2.24, 2.45) is 0 Å². The summed E-state index contributed by atoms with van der Waals surface area (Å²) in [7, 11) is 0. The Labute approximate surface area is 153 Å². The van der Waals surface area contributed by atoms with Crippen LogP contribution in [0.25, 0.3) is 16.5 Å². The number of aromatic nitrogens is 1. The van der Waals surface area contributed by atoms with E-state index < -0.39 is 0 Å². The second-order valence-electron chi connectivity index (χ2n) is 6.42. The number of hydrogen-bond donors (Lipinski definition) is 2. The second-order valence-corrected chi connectivity index (χ2v) is 6.81. The third-order valence-electron chi connectivity index (χ3n) is 4.82. The van der Waals surface area contributed by atoms with Gasteiger partial charge in [-0.15, -0.1) is 0 Å². The first-order chi connectivity index (χ1) is 12.2. The highest BCUT2D eigenvalue weighted by Crippen LogP contribution is 2.29. The van der Waals surface area contributed by atoms with E-state index >= 15 is 0 Å². The average molecular weight is 347 g/mol. The van der Waals surface area contributed by atoms with Crippen molar-refractivity contribution in [1.29, 1.82) is 0 Å². The number of rotatable bonds is 2. The number of nitrogens with one attached hydrogen (secondary N) is 2. The Morgan fingerprint density at radius 1 is 1.12 bits per heavy atom. The Kier molecular flexibility index (Phi) is 4.28. The summed E-state index contributed by atoms with van der Waals surface area (Å²) in [6.45, 7) is 3.87. The van der Waals surface area contributed by atoms with Crippen LogP contribution in [0.5, 0.6) is 0 Å². The molecule has 2 N–H and O–H groups in total. The quantitative estimate of drug-likeness (QED) is 0.642.